The van der Waals surface area contributed by atoms with E-state index in [-0.39, 0.29) is 0 Å². The van der Waals surface area contributed by atoms with Crippen LogP contribution in [0.3, 0.4) is 0 Å². The van der Waals surface area contributed by atoms with Crippen molar-refractivity contribution in [3.63, 3.8) is 0 Å². The molecule has 1 unspecified atom stereocenters. The summed E-state index contributed by atoms with van der Waals surface area (Å²) in [7, 11) is 0. The molecule has 0 radical (unpaired) electrons. The zero-order valence-electron chi connectivity index (χ0n) is 12.5. The van der Waals surface area contributed by atoms with Crippen LogP contribution in [0.25, 0.3) is 0 Å². The summed E-state index contributed by atoms with van der Waals surface area (Å²) < 4.78 is 5.76. The molecule has 0 saturated carbocycles. The van der Waals surface area contributed by atoms with Crippen LogP contribution in [0.15, 0.2) is 0 Å². The van der Waals surface area contributed by atoms with Crippen molar-refractivity contribution in [2.45, 2.75) is 59.0 Å². The SMILES string of the molecule is CCCC(CS)(CCC)CN1CCOC(CC)C1. The highest BCUT2D eigenvalue weighted by atomic mass is 32.1. The first-order chi connectivity index (χ1) is 8.69. The molecule has 0 N–H and O–H groups in total. The van der Waals surface area contributed by atoms with Gasteiger partial charge in [-0.05, 0) is 30.4 Å². The van der Waals surface area contributed by atoms with Gasteiger partial charge in [0.15, 0.2) is 0 Å². The average molecular weight is 273 g/mol. The number of rotatable bonds is 8. The van der Waals surface area contributed by atoms with Crippen molar-refractivity contribution in [3.05, 3.63) is 0 Å². The molecular weight excluding hydrogens is 242 g/mol. The van der Waals surface area contributed by atoms with Gasteiger partial charge >= 0.3 is 0 Å². The Morgan fingerprint density at radius 3 is 2.39 bits per heavy atom. The number of hydrogen-bond acceptors (Lipinski definition) is 3. The fraction of sp³-hybridized carbons (Fsp3) is 1.00. The highest BCUT2D eigenvalue weighted by molar-refractivity contribution is 7.80. The molecule has 0 spiro atoms. The molecule has 0 aromatic heterocycles. The lowest BCUT2D eigenvalue weighted by atomic mass is 9.80. The summed E-state index contributed by atoms with van der Waals surface area (Å²) in [5, 5.41) is 0. The summed E-state index contributed by atoms with van der Waals surface area (Å²) in [4.78, 5) is 2.61. The van der Waals surface area contributed by atoms with Crippen LogP contribution in [0.1, 0.15) is 52.9 Å². The van der Waals surface area contributed by atoms with Crippen LogP contribution in [-0.2, 0) is 4.74 Å². The van der Waals surface area contributed by atoms with Crippen LogP contribution < -0.4 is 0 Å². The summed E-state index contributed by atoms with van der Waals surface area (Å²) in [5.74, 6) is 1.02. The molecule has 1 heterocycles. The second-order valence-electron chi connectivity index (χ2n) is 5.79. The summed E-state index contributed by atoms with van der Waals surface area (Å²) in [6.07, 6.45) is 6.72. The van der Waals surface area contributed by atoms with Crippen LogP contribution in [-0.4, -0.2) is 43.0 Å². The van der Waals surface area contributed by atoms with E-state index in [0.29, 0.717) is 11.5 Å². The third-order valence-corrected chi connectivity index (χ3v) is 4.80. The molecule has 1 fully saturated rings. The van der Waals surface area contributed by atoms with E-state index < -0.39 is 0 Å². The molecule has 1 aliphatic rings. The first-order valence-electron chi connectivity index (χ1n) is 7.64. The average Bonchev–Trinajstić information content (AvgIpc) is 2.39. The Morgan fingerprint density at radius 2 is 1.89 bits per heavy atom. The number of thiol groups is 1. The van der Waals surface area contributed by atoms with Gasteiger partial charge in [-0.3, -0.25) is 4.90 Å². The monoisotopic (exact) mass is 273 g/mol. The van der Waals surface area contributed by atoms with E-state index in [1.54, 1.807) is 0 Å². The Morgan fingerprint density at radius 1 is 1.22 bits per heavy atom. The van der Waals surface area contributed by atoms with E-state index >= 15 is 0 Å². The first kappa shape index (κ1) is 16.3. The van der Waals surface area contributed by atoms with Gasteiger partial charge in [0.1, 0.15) is 0 Å². The van der Waals surface area contributed by atoms with Crippen LogP contribution in [0.2, 0.25) is 0 Å². The van der Waals surface area contributed by atoms with Crippen LogP contribution >= 0.6 is 12.6 Å². The van der Waals surface area contributed by atoms with Crippen LogP contribution in [0, 0.1) is 5.41 Å². The molecule has 0 bridgehead atoms. The molecule has 1 saturated heterocycles. The standard InChI is InChI=1S/C15H31NOS/c1-4-7-15(13-18,8-5-2)12-16-9-10-17-14(6-3)11-16/h14,18H,4-13H2,1-3H3. The van der Waals surface area contributed by atoms with Gasteiger partial charge in [-0.1, -0.05) is 33.6 Å². The summed E-state index contributed by atoms with van der Waals surface area (Å²) in [5.41, 5.74) is 0.419. The molecule has 108 valence electrons. The number of morpholine rings is 1. The van der Waals surface area contributed by atoms with Gasteiger partial charge in [-0.2, -0.15) is 12.6 Å². The minimum Gasteiger partial charge on any atom is -0.376 e. The van der Waals surface area contributed by atoms with Crippen molar-refractivity contribution in [3.8, 4) is 0 Å². The quantitative estimate of drug-likeness (QED) is 0.678. The van der Waals surface area contributed by atoms with Gasteiger partial charge in [-0.15, -0.1) is 0 Å². The molecule has 1 atom stereocenters. The Bertz CT molecular complexity index is 217. The van der Waals surface area contributed by atoms with Crippen LogP contribution in [0.5, 0.6) is 0 Å². The topological polar surface area (TPSA) is 12.5 Å². The van der Waals surface area contributed by atoms with Crippen molar-refractivity contribution in [2.75, 3.05) is 32.0 Å². The van der Waals surface area contributed by atoms with E-state index in [1.807, 2.05) is 0 Å². The zero-order valence-corrected chi connectivity index (χ0v) is 13.3. The van der Waals surface area contributed by atoms with E-state index in [1.165, 1.54) is 32.2 Å². The lowest BCUT2D eigenvalue weighted by Crippen LogP contribution is -2.48. The Labute approximate surface area is 119 Å². The van der Waals surface area contributed by atoms with E-state index in [2.05, 4.69) is 38.3 Å². The van der Waals surface area contributed by atoms with E-state index in [4.69, 9.17) is 4.74 Å². The maximum absolute atomic E-state index is 5.76. The van der Waals surface area contributed by atoms with Gasteiger partial charge in [0.2, 0.25) is 0 Å². The molecule has 0 aliphatic carbocycles. The molecule has 2 nitrogen and oxygen atoms in total. The Balaban J connectivity index is 2.58. The smallest absolute Gasteiger partial charge is 0.0700 e. The third-order valence-electron chi connectivity index (χ3n) is 4.13. The van der Waals surface area contributed by atoms with Gasteiger partial charge in [0.05, 0.1) is 12.7 Å². The van der Waals surface area contributed by atoms with Crippen molar-refractivity contribution in [2.24, 2.45) is 5.41 Å². The predicted octanol–water partition coefficient (Wildman–Crippen LogP) is 3.61. The minimum atomic E-state index is 0.419. The Kier molecular flexibility index (Phi) is 7.66. The maximum Gasteiger partial charge on any atom is 0.0700 e. The van der Waals surface area contributed by atoms with Crippen molar-refractivity contribution in [1.82, 2.24) is 4.90 Å². The molecule has 1 aliphatic heterocycles. The predicted molar refractivity (Wildman–Crippen MR) is 82.6 cm³/mol. The number of hydrogen-bond donors (Lipinski definition) is 1. The van der Waals surface area contributed by atoms with Gasteiger partial charge in [-0.25, -0.2) is 0 Å². The molecule has 1 rings (SSSR count). The number of nitrogens with zero attached hydrogens (tertiary/aromatic N) is 1. The van der Waals surface area contributed by atoms with Crippen molar-refractivity contribution < 1.29 is 4.74 Å². The molecule has 18 heavy (non-hydrogen) atoms. The van der Waals surface area contributed by atoms with Crippen molar-refractivity contribution >= 4 is 12.6 Å². The maximum atomic E-state index is 5.76. The summed E-state index contributed by atoms with van der Waals surface area (Å²) in [6.45, 7) is 11.1. The summed E-state index contributed by atoms with van der Waals surface area (Å²) in [6, 6.07) is 0. The molecule has 0 aromatic rings. The minimum absolute atomic E-state index is 0.419. The third kappa shape index (κ3) is 4.75. The second kappa shape index (κ2) is 8.44. The zero-order chi connectivity index (χ0) is 13.4. The van der Waals surface area contributed by atoms with Crippen molar-refractivity contribution in [1.29, 1.82) is 0 Å². The highest BCUT2D eigenvalue weighted by Gasteiger charge is 2.31. The fourth-order valence-corrected chi connectivity index (χ4v) is 3.61. The Hall–Kier alpha value is 0.270. The van der Waals surface area contributed by atoms with Gasteiger partial charge in [0, 0.05) is 19.6 Å². The van der Waals surface area contributed by atoms with Gasteiger partial charge in [0.25, 0.3) is 0 Å². The second-order valence-corrected chi connectivity index (χ2v) is 6.11. The molecule has 3 heteroatoms. The summed E-state index contributed by atoms with van der Waals surface area (Å²) >= 11 is 4.66. The molecule has 0 aromatic carbocycles. The van der Waals surface area contributed by atoms with Crippen LogP contribution in [0.4, 0.5) is 0 Å². The number of ether oxygens (including phenoxy) is 1. The van der Waals surface area contributed by atoms with E-state index in [9.17, 15) is 0 Å². The first-order valence-corrected chi connectivity index (χ1v) is 8.27. The van der Waals surface area contributed by atoms with E-state index in [0.717, 1.165) is 31.9 Å². The molecule has 0 amide bonds. The van der Waals surface area contributed by atoms with Gasteiger partial charge < -0.3 is 4.74 Å². The molecular formula is C15H31NOS. The normalized spacial score (nSPS) is 22.3. The highest BCUT2D eigenvalue weighted by Crippen LogP contribution is 2.33. The lowest BCUT2D eigenvalue weighted by molar-refractivity contribution is -0.0421. The largest absolute Gasteiger partial charge is 0.376 e. The fourth-order valence-electron chi connectivity index (χ4n) is 3.20. The lowest BCUT2D eigenvalue weighted by Gasteiger charge is -2.41.